The highest BCUT2D eigenvalue weighted by atomic mass is 127. The Morgan fingerprint density at radius 3 is 2.52 bits per heavy atom. The Balaban J connectivity index is 0.00000192. The fourth-order valence-electron chi connectivity index (χ4n) is 3.42. The molecule has 1 aromatic carbocycles. The van der Waals surface area contributed by atoms with Gasteiger partial charge < -0.3 is 15.5 Å². The predicted molar refractivity (Wildman–Crippen MR) is 109 cm³/mol. The normalized spacial score (nSPS) is 23.0. The van der Waals surface area contributed by atoms with E-state index in [0.29, 0.717) is 5.92 Å². The molecule has 0 saturated carbocycles. The fraction of sp³-hybridized carbons (Fsp3) is 0.611. The summed E-state index contributed by atoms with van der Waals surface area (Å²) in [5.41, 5.74) is 7.51. The summed E-state index contributed by atoms with van der Waals surface area (Å²) in [5.74, 6) is 2.21. The van der Waals surface area contributed by atoms with Crippen LogP contribution in [0.4, 0.5) is 5.69 Å². The second-order valence-electron chi connectivity index (χ2n) is 6.80. The van der Waals surface area contributed by atoms with E-state index in [2.05, 4.69) is 52.0 Å². The quantitative estimate of drug-likeness (QED) is 0.457. The number of hydrogen-bond donors (Lipinski definition) is 1. The maximum absolute atomic E-state index is 6.18. The summed E-state index contributed by atoms with van der Waals surface area (Å²) >= 11 is 0. The highest BCUT2D eigenvalue weighted by molar-refractivity contribution is 14.0. The Labute approximate surface area is 157 Å². The molecule has 0 aliphatic carbocycles. The van der Waals surface area contributed by atoms with Crippen LogP contribution in [0.25, 0.3) is 0 Å². The number of hydrogen-bond acceptors (Lipinski definition) is 2. The van der Waals surface area contributed by atoms with E-state index in [4.69, 9.17) is 5.73 Å². The van der Waals surface area contributed by atoms with Crippen LogP contribution in [-0.4, -0.2) is 43.6 Å². The van der Waals surface area contributed by atoms with Crippen molar-refractivity contribution in [3.63, 3.8) is 0 Å². The van der Waals surface area contributed by atoms with Crippen LogP contribution in [0.15, 0.2) is 35.3 Å². The molecule has 1 atom stereocenters. The topological polar surface area (TPSA) is 44.9 Å². The maximum atomic E-state index is 6.18. The van der Waals surface area contributed by atoms with Crippen LogP contribution >= 0.6 is 24.0 Å². The summed E-state index contributed by atoms with van der Waals surface area (Å²) in [6.45, 7) is 7.54. The van der Waals surface area contributed by atoms with Crippen LogP contribution in [0.3, 0.4) is 0 Å². The van der Waals surface area contributed by atoms with Crippen molar-refractivity contribution < 1.29 is 0 Å². The van der Waals surface area contributed by atoms with E-state index >= 15 is 0 Å². The second-order valence-corrected chi connectivity index (χ2v) is 6.80. The van der Waals surface area contributed by atoms with E-state index in [0.717, 1.165) is 44.6 Å². The van der Waals surface area contributed by atoms with Crippen LogP contribution in [0.5, 0.6) is 0 Å². The van der Waals surface area contributed by atoms with Gasteiger partial charge in [0.15, 0.2) is 5.96 Å². The van der Waals surface area contributed by atoms with Crippen molar-refractivity contribution in [2.45, 2.75) is 26.2 Å². The van der Waals surface area contributed by atoms with E-state index in [1.807, 2.05) is 0 Å². The molecule has 2 fully saturated rings. The molecule has 2 N–H and O–H groups in total. The summed E-state index contributed by atoms with van der Waals surface area (Å²) in [6, 6.07) is 10.7. The van der Waals surface area contributed by atoms with Crippen molar-refractivity contribution in [2.24, 2.45) is 22.6 Å². The lowest BCUT2D eigenvalue weighted by Crippen LogP contribution is -2.42. The van der Waals surface area contributed by atoms with Crippen LogP contribution < -0.4 is 10.6 Å². The highest BCUT2D eigenvalue weighted by Gasteiger charge is 2.23. The largest absolute Gasteiger partial charge is 0.371 e. The molecule has 2 aliphatic heterocycles. The number of anilines is 1. The molecule has 2 saturated heterocycles. The van der Waals surface area contributed by atoms with Gasteiger partial charge in [0.05, 0.1) is 0 Å². The Hall–Kier alpha value is -0.980. The highest BCUT2D eigenvalue weighted by Crippen LogP contribution is 2.23. The SMILES string of the molecule is CC1CCN(C(N)=NCC2CCN(c3ccccc3)C2)CC1.I. The summed E-state index contributed by atoms with van der Waals surface area (Å²) < 4.78 is 0. The number of benzene rings is 1. The molecule has 0 radical (unpaired) electrons. The zero-order valence-electron chi connectivity index (χ0n) is 14.0. The van der Waals surface area contributed by atoms with Crippen molar-refractivity contribution in [2.75, 3.05) is 37.6 Å². The Bertz CT molecular complexity index is 497. The average molecular weight is 428 g/mol. The van der Waals surface area contributed by atoms with Gasteiger partial charge in [-0.2, -0.15) is 0 Å². The first-order valence-corrected chi connectivity index (χ1v) is 8.57. The molecule has 1 aromatic rings. The zero-order chi connectivity index (χ0) is 15.4. The molecule has 0 aromatic heterocycles. The number of guanidine groups is 1. The fourth-order valence-corrected chi connectivity index (χ4v) is 3.42. The number of halogens is 1. The summed E-state index contributed by atoms with van der Waals surface area (Å²) in [5, 5.41) is 0. The van der Waals surface area contributed by atoms with Crippen molar-refractivity contribution in [3.8, 4) is 0 Å². The minimum atomic E-state index is 0. The van der Waals surface area contributed by atoms with E-state index < -0.39 is 0 Å². The molecule has 0 amide bonds. The Kier molecular flexibility index (Phi) is 6.99. The van der Waals surface area contributed by atoms with Gasteiger partial charge in [0, 0.05) is 38.4 Å². The molecular formula is C18H29IN4. The van der Waals surface area contributed by atoms with Gasteiger partial charge in [-0.05, 0) is 43.2 Å². The van der Waals surface area contributed by atoms with E-state index in [-0.39, 0.29) is 24.0 Å². The minimum absolute atomic E-state index is 0. The van der Waals surface area contributed by atoms with Crippen LogP contribution in [0, 0.1) is 11.8 Å². The standard InChI is InChI=1S/C18H28N4.HI/c1-15-7-10-21(11-8-15)18(19)20-13-16-9-12-22(14-16)17-5-3-2-4-6-17;/h2-6,15-16H,7-14H2,1H3,(H2,19,20);1H. The average Bonchev–Trinajstić information content (AvgIpc) is 3.03. The smallest absolute Gasteiger partial charge is 0.191 e. The first-order valence-electron chi connectivity index (χ1n) is 8.57. The molecule has 4 nitrogen and oxygen atoms in total. The third-order valence-corrected chi connectivity index (χ3v) is 5.03. The van der Waals surface area contributed by atoms with Gasteiger partial charge in [0.25, 0.3) is 0 Å². The molecule has 1 unspecified atom stereocenters. The van der Waals surface area contributed by atoms with Crippen LogP contribution in [0.2, 0.25) is 0 Å². The van der Waals surface area contributed by atoms with Gasteiger partial charge in [-0.3, -0.25) is 4.99 Å². The predicted octanol–water partition coefficient (Wildman–Crippen LogP) is 3.18. The molecular weight excluding hydrogens is 399 g/mol. The number of rotatable bonds is 3. The molecule has 2 heterocycles. The molecule has 0 bridgehead atoms. The summed E-state index contributed by atoms with van der Waals surface area (Å²) in [4.78, 5) is 9.39. The van der Waals surface area contributed by atoms with Crippen molar-refractivity contribution >= 4 is 35.6 Å². The van der Waals surface area contributed by atoms with Crippen molar-refractivity contribution in [1.82, 2.24) is 4.90 Å². The van der Waals surface area contributed by atoms with Gasteiger partial charge in [-0.15, -0.1) is 24.0 Å². The van der Waals surface area contributed by atoms with Gasteiger partial charge in [0.1, 0.15) is 0 Å². The van der Waals surface area contributed by atoms with Gasteiger partial charge >= 0.3 is 0 Å². The van der Waals surface area contributed by atoms with E-state index in [1.54, 1.807) is 0 Å². The first kappa shape index (κ1) is 18.4. The van der Waals surface area contributed by atoms with Crippen molar-refractivity contribution in [1.29, 1.82) is 0 Å². The third-order valence-electron chi connectivity index (χ3n) is 5.03. The Morgan fingerprint density at radius 1 is 1.13 bits per heavy atom. The molecule has 5 heteroatoms. The number of para-hydroxylation sites is 1. The maximum Gasteiger partial charge on any atom is 0.191 e. The zero-order valence-corrected chi connectivity index (χ0v) is 16.4. The number of piperidine rings is 1. The molecule has 128 valence electrons. The molecule has 23 heavy (non-hydrogen) atoms. The first-order chi connectivity index (χ1) is 10.7. The van der Waals surface area contributed by atoms with Crippen molar-refractivity contribution in [3.05, 3.63) is 30.3 Å². The minimum Gasteiger partial charge on any atom is -0.371 e. The van der Waals surface area contributed by atoms with Crippen LogP contribution in [0.1, 0.15) is 26.2 Å². The molecule has 0 spiro atoms. The van der Waals surface area contributed by atoms with E-state index in [9.17, 15) is 0 Å². The lowest BCUT2D eigenvalue weighted by Gasteiger charge is -2.31. The second kappa shape index (κ2) is 8.76. The monoisotopic (exact) mass is 428 g/mol. The number of nitrogens with zero attached hydrogens (tertiary/aromatic N) is 3. The Morgan fingerprint density at radius 2 is 1.83 bits per heavy atom. The van der Waals surface area contributed by atoms with E-state index in [1.165, 1.54) is 24.9 Å². The third kappa shape index (κ3) is 4.99. The van der Waals surface area contributed by atoms with Gasteiger partial charge in [-0.25, -0.2) is 0 Å². The molecule has 2 aliphatic rings. The van der Waals surface area contributed by atoms with Gasteiger partial charge in [0.2, 0.25) is 0 Å². The van der Waals surface area contributed by atoms with Crippen LogP contribution in [-0.2, 0) is 0 Å². The van der Waals surface area contributed by atoms with Gasteiger partial charge in [-0.1, -0.05) is 25.1 Å². The summed E-state index contributed by atoms with van der Waals surface area (Å²) in [7, 11) is 0. The summed E-state index contributed by atoms with van der Waals surface area (Å²) in [6.07, 6.45) is 3.69. The number of aliphatic imine (C=N–C) groups is 1. The number of nitrogens with two attached hydrogens (primary N) is 1. The number of likely N-dealkylation sites (tertiary alicyclic amines) is 1. The lowest BCUT2D eigenvalue weighted by molar-refractivity contribution is 0.277. The molecule has 3 rings (SSSR count). The lowest BCUT2D eigenvalue weighted by atomic mass is 10.00.